The van der Waals surface area contributed by atoms with E-state index in [0.29, 0.717) is 6.04 Å². The molecule has 0 heterocycles. The smallest absolute Gasteiger partial charge is 0.0587 e. The van der Waals surface area contributed by atoms with E-state index in [4.69, 9.17) is 4.74 Å². The van der Waals surface area contributed by atoms with E-state index in [9.17, 15) is 0 Å². The van der Waals surface area contributed by atoms with Gasteiger partial charge in [-0.1, -0.05) is 18.2 Å². The maximum Gasteiger partial charge on any atom is 0.0587 e. The van der Waals surface area contributed by atoms with E-state index in [2.05, 4.69) is 42.8 Å². The first-order valence-corrected chi connectivity index (χ1v) is 6.84. The molecule has 0 saturated heterocycles. The highest BCUT2D eigenvalue weighted by atomic mass is 32.2. The zero-order chi connectivity index (χ0) is 11.8. The summed E-state index contributed by atoms with van der Waals surface area (Å²) >= 11 is 1.81. The van der Waals surface area contributed by atoms with Crippen LogP contribution in [0.15, 0.2) is 29.2 Å². The summed E-state index contributed by atoms with van der Waals surface area (Å²) in [5.41, 5.74) is 1.42. The SMILES string of the molecule is COCCNC(C)Cc1ccccc1SC. The van der Waals surface area contributed by atoms with E-state index in [1.807, 2.05) is 11.8 Å². The van der Waals surface area contributed by atoms with Gasteiger partial charge in [0.15, 0.2) is 0 Å². The summed E-state index contributed by atoms with van der Waals surface area (Å²) in [5.74, 6) is 0. The molecule has 1 unspecified atom stereocenters. The molecule has 0 spiro atoms. The van der Waals surface area contributed by atoms with Crippen molar-refractivity contribution in [1.82, 2.24) is 5.32 Å². The fourth-order valence-corrected chi connectivity index (χ4v) is 2.31. The van der Waals surface area contributed by atoms with Gasteiger partial charge in [-0.15, -0.1) is 11.8 Å². The molecule has 0 aliphatic heterocycles. The average Bonchev–Trinajstić information content (AvgIpc) is 2.30. The Bertz CT molecular complexity index is 304. The second-order valence-corrected chi connectivity index (χ2v) is 4.71. The van der Waals surface area contributed by atoms with Crippen molar-refractivity contribution >= 4 is 11.8 Å². The molecule has 3 heteroatoms. The fourth-order valence-electron chi connectivity index (χ4n) is 1.68. The highest BCUT2D eigenvalue weighted by Crippen LogP contribution is 2.20. The van der Waals surface area contributed by atoms with Gasteiger partial charge in [0.05, 0.1) is 6.61 Å². The Hall–Kier alpha value is -0.510. The molecule has 1 rings (SSSR count). The predicted molar refractivity (Wildman–Crippen MR) is 71.3 cm³/mol. The third-order valence-corrected chi connectivity index (χ3v) is 3.36. The lowest BCUT2D eigenvalue weighted by Crippen LogP contribution is -2.31. The Balaban J connectivity index is 2.45. The van der Waals surface area contributed by atoms with Gasteiger partial charge < -0.3 is 10.1 Å². The molecule has 0 amide bonds. The lowest BCUT2D eigenvalue weighted by molar-refractivity contribution is 0.196. The molecular formula is C13H21NOS. The first kappa shape index (κ1) is 13.6. The predicted octanol–water partition coefficient (Wildman–Crippen LogP) is 2.58. The van der Waals surface area contributed by atoms with Gasteiger partial charge >= 0.3 is 0 Å². The van der Waals surface area contributed by atoms with Crippen molar-refractivity contribution in [2.75, 3.05) is 26.5 Å². The van der Waals surface area contributed by atoms with Crippen LogP contribution < -0.4 is 5.32 Å². The van der Waals surface area contributed by atoms with Crippen LogP contribution in [0.3, 0.4) is 0 Å². The zero-order valence-corrected chi connectivity index (χ0v) is 11.1. The molecule has 1 aromatic rings. The molecule has 1 aromatic carbocycles. The zero-order valence-electron chi connectivity index (χ0n) is 10.3. The van der Waals surface area contributed by atoms with Crippen LogP contribution in [0, 0.1) is 0 Å². The van der Waals surface area contributed by atoms with Crippen LogP contribution in [0.5, 0.6) is 0 Å². The van der Waals surface area contributed by atoms with Gasteiger partial charge in [-0.05, 0) is 31.2 Å². The second-order valence-electron chi connectivity index (χ2n) is 3.86. The second kappa shape index (κ2) is 7.71. The Morgan fingerprint density at radius 3 is 2.81 bits per heavy atom. The minimum atomic E-state index is 0.489. The largest absolute Gasteiger partial charge is 0.383 e. The van der Waals surface area contributed by atoms with E-state index in [-0.39, 0.29) is 0 Å². The molecule has 1 atom stereocenters. The monoisotopic (exact) mass is 239 g/mol. The molecular weight excluding hydrogens is 218 g/mol. The maximum absolute atomic E-state index is 5.02. The van der Waals surface area contributed by atoms with Crippen LogP contribution in [0.2, 0.25) is 0 Å². The number of hydrogen-bond donors (Lipinski definition) is 1. The first-order valence-electron chi connectivity index (χ1n) is 5.62. The van der Waals surface area contributed by atoms with E-state index >= 15 is 0 Å². The third-order valence-electron chi connectivity index (χ3n) is 2.52. The Morgan fingerprint density at radius 2 is 2.12 bits per heavy atom. The Morgan fingerprint density at radius 1 is 1.38 bits per heavy atom. The van der Waals surface area contributed by atoms with Gasteiger partial charge in [-0.25, -0.2) is 0 Å². The number of methoxy groups -OCH3 is 1. The molecule has 0 aromatic heterocycles. The van der Waals surface area contributed by atoms with Gasteiger partial charge in [0, 0.05) is 24.6 Å². The van der Waals surface area contributed by atoms with Gasteiger partial charge in [0.25, 0.3) is 0 Å². The molecule has 0 bridgehead atoms. The number of nitrogens with one attached hydrogen (secondary N) is 1. The standard InChI is InChI=1S/C13H21NOS/c1-11(14-8-9-15-2)10-12-6-4-5-7-13(12)16-3/h4-7,11,14H,8-10H2,1-3H3. The summed E-state index contributed by atoms with van der Waals surface area (Å²) < 4.78 is 5.02. The summed E-state index contributed by atoms with van der Waals surface area (Å²) in [6, 6.07) is 9.08. The minimum Gasteiger partial charge on any atom is -0.383 e. The van der Waals surface area contributed by atoms with Crippen LogP contribution in [-0.4, -0.2) is 32.6 Å². The molecule has 0 fully saturated rings. The molecule has 1 N–H and O–H groups in total. The topological polar surface area (TPSA) is 21.3 Å². The van der Waals surface area contributed by atoms with Gasteiger partial charge in [0.1, 0.15) is 0 Å². The number of thioether (sulfide) groups is 1. The van der Waals surface area contributed by atoms with Gasteiger partial charge in [-0.3, -0.25) is 0 Å². The summed E-state index contributed by atoms with van der Waals surface area (Å²) in [4.78, 5) is 1.38. The van der Waals surface area contributed by atoms with E-state index in [0.717, 1.165) is 19.6 Å². The highest BCUT2D eigenvalue weighted by molar-refractivity contribution is 7.98. The number of benzene rings is 1. The van der Waals surface area contributed by atoms with Crippen molar-refractivity contribution < 1.29 is 4.74 Å². The van der Waals surface area contributed by atoms with Crippen molar-refractivity contribution in [1.29, 1.82) is 0 Å². The molecule has 16 heavy (non-hydrogen) atoms. The molecule has 0 aliphatic rings. The lowest BCUT2D eigenvalue weighted by atomic mass is 10.1. The average molecular weight is 239 g/mol. The minimum absolute atomic E-state index is 0.489. The van der Waals surface area contributed by atoms with Crippen molar-refractivity contribution in [3.8, 4) is 0 Å². The molecule has 90 valence electrons. The molecule has 2 nitrogen and oxygen atoms in total. The summed E-state index contributed by atoms with van der Waals surface area (Å²) in [6.07, 6.45) is 3.20. The van der Waals surface area contributed by atoms with E-state index < -0.39 is 0 Å². The highest BCUT2D eigenvalue weighted by Gasteiger charge is 2.05. The van der Waals surface area contributed by atoms with Crippen LogP contribution in [0.25, 0.3) is 0 Å². The summed E-state index contributed by atoms with van der Waals surface area (Å²) in [6.45, 7) is 3.90. The number of rotatable bonds is 7. The summed E-state index contributed by atoms with van der Waals surface area (Å²) in [7, 11) is 1.73. The molecule has 0 radical (unpaired) electrons. The third kappa shape index (κ3) is 4.56. The van der Waals surface area contributed by atoms with Crippen LogP contribution in [-0.2, 0) is 11.2 Å². The van der Waals surface area contributed by atoms with Crippen LogP contribution in [0.1, 0.15) is 12.5 Å². The molecule has 0 saturated carbocycles. The van der Waals surface area contributed by atoms with Crippen LogP contribution in [0.4, 0.5) is 0 Å². The van der Waals surface area contributed by atoms with Gasteiger partial charge in [0.2, 0.25) is 0 Å². The normalized spacial score (nSPS) is 12.7. The first-order chi connectivity index (χ1) is 7.77. The van der Waals surface area contributed by atoms with Gasteiger partial charge in [-0.2, -0.15) is 0 Å². The fraction of sp³-hybridized carbons (Fsp3) is 0.538. The van der Waals surface area contributed by atoms with Crippen molar-refractivity contribution in [2.45, 2.75) is 24.3 Å². The Kier molecular flexibility index (Phi) is 6.53. The maximum atomic E-state index is 5.02. The van der Waals surface area contributed by atoms with Crippen LogP contribution >= 0.6 is 11.8 Å². The Labute approximate surface area is 103 Å². The lowest BCUT2D eigenvalue weighted by Gasteiger charge is -2.15. The van der Waals surface area contributed by atoms with Crippen molar-refractivity contribution in [2.24, 2.45) is 0 Å². The summed E-state index contributed by atoms with van der Waals surface area (Å²) in [5, 5.41) is 3.45. The molecule has 0 aliphatic carbocycles. The number of hydrogen-bond acceptors (Lipinski definition) is 3. The van der Waals surface area contributed by atoms with Crippen molar-refractivity contribution in [3.05, 3.63) is 29.8 Å². The van der Waals surface area contributed by atoms with Crippen molar-refractivity contribution in [3.63, 3.8) is 0 Å². The quantitative estimate of drug-likeness (QED) is 0.584. The number of ether oxygens (including phenoxy) is 1. The van der Waals surface area contributed by atoms with E-state index in [1.165, 1.54) is 10.5 Å². The van der Waals surface area contributed by atoms with E-state index in [1.54, 1.807) is 7.11 Å².